The largest absolute Gasteiger partial charge is 0.380 e. The number of amidine groups is 1. The van der Waals surface area contributed by atoms with Gasteiger partial charge >= 0.3 is 0 Å². The number of rotatable bonds is 3. The Balaban J connectivity index is 2.09. The number of nitriles is 1. The van der Waals surface area contributed by atoms with Crippen LogP contribution in [-0.4, -0.2) is 17.0 Å². The Hall–Kier alpha value is -3.00. The minimum atomic E-state index is 0.255. The number of benzene rings is 1. The van der Waals surface area contributed by atoms with Crippen LogP contribution in [-0.2, 0) is 0 Å². The van der Waals surface area contributed by atoms with E-state index in [1.54, 1.807) is 48.8 Å². The van der Waals surface area contributed by atoms with E-state index in [9.17, 15) is 0 Å². The molecule has 5 nitrogen and oxygen atoms in total. The molecule has 2 rings (SSSR count). The van der Waals surface area contributed by atoms with Gasteiger partial charge < -0.3 is 5.73 Å². The molecule has 0 aliphatic carbocycles. The van der Waals surface area contributed by atoms with Gasteiger partial charge in [0.2, 0.25) is 0 Å². The van der Waals surface area contributed by atoms with E-state index in [0.717, 1.165) is 5.56 Å². The minimum absolute atomic E-state index is 0.255. The highest BCUT2D eigenvalue weighted by atomic mass is 15.2. The van der Waals surface area contributed by atoms with Crippen LogP contribution < -0.4 is 5.73 Å². The fourth-order valence-corrected chi connectivity index (χ4v) is 1.37. The van der Waals surface area contributed by atoms with Crippen molar-refractivity contribution in [2.75, 3.05) is 0 Å². The molecular formula is C14H11N5. The number of pyridine rings is 1. The van der Waals surface area contributed by atoms with Crippen molar-refractivity contribution in [2.24, 2.45) is 15.9 Å². The zero-order chi connectivity index (χ0) is 13.5. The maximum absolute atomic E-state index is 8.67. The highest BCUT2D eigenvalue weighted by molar-refractivity contribution is 5.95. The fourth-order valence-electron chi connectivity index (χ4n) is 1.37. The van der Waals surface area contributed by atoms with E-state index in [2.05, 4.69) is 15.2 Å². The molecule has 0 saturated heterocycles. The molecule has 0 atom stereocenters. The van der Waals surface area contributed by atoms with Crippen LogP contribution in [0.5, 0.6) is 0 Å². The molecule has 0 radical (unpaired) electrons. The average Bonchev–Trinajstić information content (AvgIpc) is 2.49. The lowest BCUT2D eigenvalue weighted by Gasteiger charge is -1.95. The predicted octanol–water partition coefficient (Wildman–Crippen LogP) is 1.69. The third-order valence-electron chi connectivity index (χ3n) is 2.34. The number of hydrogen-bond donors (Lipinski definition) is 1. The minimum Gasteiger partial charge on any atom is -0.380 e. The van der Waals surface area contributed by atoms with Crippen LogP contribution in [0.15, 0.2) is 58.9 Å². The predicted molar refractivity (Wildman–Crippen MR) is 73.7 cm³/mol. The maximum atomic E-state index is 8.67. The lowest BCUT2D eigenvalue weighted by molar-refractivity contribution is 1.20. The summed E-state index contributed by atoms with van der Waals surface area (Å²) >= 11 is 0. The molecule has 1 aromatic carbocycles. The third-order valence-corrected chi connectivity index (χ3v) is 2.34. The van der Waals surface area contributed by atoms with Gasteiger partial charge in [-0.15, -0.1) is 5.10 Å². The number of nitrogens with zero attached hydrogens (tertiary/aromatic N) is 4. The van der Waals surface area contributed by atoms with Crippen LogP contribution in [0.2, 0.25) is 0 Å². The Bertz CT molecular complexity index is 636. The molecule has 2 aromatic rings. The molecule has 1 heterocycles. The molecule has 1 aromatic heterocycles. The molecule has 5 heteroatoms. The average molecular weight is 249 g/mol. The summed E-state index contributed by atoms with van der Waals surface area (Å²) in [6, 6.07) is 14.4. The van der Waals surface area contributed by atoms with Crippen molar-refractivity contribution < 1.29 is 0 Å². The SMILES string of the molecule is N#Cc1ccc(/C=N/N=C(\N)c2ccccn2)cc1. The summed E-state index contributed by atoms with van der Waals surface area (Å²) in [7, 11) is 0. The number of hydrogen-bond acceptors (Lipinski definition) is 4. The van der Waals surface area contributed by atoms with Gasteiger partial charge in [0, 0.05) is 6.20 Å². The summed E-state index contributed by atoms with van der Waals surface area (Å²) in [5, 5.41) is 16.4. The zero-order valence-corrected chi connectivity index (χ0v) is 10.1. The summed E-state index contributed by atoms with van der Waals surface area (Å²) in [5.41, 5.74) is 7.77. The van der Waals surface area contributed by atoms with E-state index in [4.69, 9.17) is 11.0 Å². The van der Waals surface area contributed by atoms with Crippen LogP contribution >= 0.6 is 0 Å². The van der Waals surface area contributed by atoms with Gasteiger partial charge in [-0.25, -0.2) is 0 Å². The molecule has 0 aliphatic heterocycles. The Morgan fingerprint density at radius 1 is 1.21 bits per heavy atom. The van der Waals surface area contributed by atoms with Gasteiger partial charge in [-0.1, -0.05) is 18.2 Å². The Morgan fingerprint density at radius 2 is 2.00 bits per heavy atom. The molecule has 0 spiro atoms. The first kappa shape index (κ1) is 12.5. The summed E-state index contributed by atoms with van der Waals surface area (Å²) in [5.74, 6) is 0.255. The number of nitrogens with two attached hydrogens (primary N) is 1. The van der Waals surface area contributed by atoms with Crippen LogP contribution in [0.25, 0.3) is 0 Å². The van der Waals surface area contributed by atoms with Crippen molar-refractivity contribution in [1.29, 1.82) is 5.26 Å². The smallest absolute Gasteiger partial charge is 0.171 e. The van der Waals surface area contributed by atoms with E-state index in [0.29, 0.717) is 11.3 Å². The van der Waals surface area contributed by atoms with Crippen LogP contribution in [0.1, 0.15) is 16.8 Å². The van der Waals surface area contributed by atoms with Crippen molar-refractivity contribution >= 4 is 12.1 Å². The second kappa shape index (κ2) is 6.07. The summed E-state index contributed by atoms with van der Waals surface area (Å²) in [6.07, 6.45) is 3.21. The molecule has 19 heavy (non-hydrogen) atoms. The van der Waals surface area contributed by atoms with Crippen molar-refractivity contribution in [3.63, 3.8) is 0 Å². The zero-order valence-electron chi connectivity index (χ0n) is 10.1. The van der Waals surface area contributed by atoms with Crippen LogP contribution in [0, 0.1) is 11.3 Å². The Labute approximate surface area is 110 Å². The fraction of sp³-hybridized carbons (Fsp3) is 0. The second-order valence-corrected chi connectivity index (χ2v) is 3.68. The van der Waals surface area contributed by atoms with Gasteiger partial charge in [-0.05, 0) is 29.8 Å². The molecule has 0 amide bonds. The first-order valence-electron chi connectivity index (χ1n) is 5.57. The van der Waals surface area contributed by atoms with Crippen molar-refractivity contribution in [2.45, 2.75) is 0 Å². The van der Waals surface area contributed by atoms with E-state index >= 15 is 0 Å². The van der Waals surface area contributed by atoms with E-state index in [-0.39, 0.29) is 5.84 Å². The van der Waals surface area contributed by atoms with Crippen LogP contribution in [0.4, 0.5) is 0 Å². The van der Waals surface area contributed by atoms with E-state index in [1.165, 1.54) is 0 Å². The molecule has 0 unspecified atom stereocenters. The molecular weight excluding hydrogens is 238 g/mol. The van der Waals surface area contributed by atoms with Gasteiger partial charge in [0.05, 0.1) is 17.8 Å². The van der Waals surface area contributed by atoms with E-state index in [1.807, 2.05) is 12.1 Å². The highest BCUT2D eigenvalue weighted by Gasteiger charge is 1.96. The van der Waals surface area contributed by atoms with Gasteiger partial charge in [-0.2, -0.15) is 10.4 Å². The van der Waals surface area contributed by atoms with Crippen molar-refractivity contribution in [3.05, 3.63) is 65.5 Å². The lowest BCUT2D eigenvalue weighted by atomic mass is 10.2. The Kier molecular flexibility index (Phi) is 3.98. The highest BCUT2D eigenvalue weighted by Crippen LogP contribution is 2.01. The summed E-state index contributed by atoms with van der Waals surface area (Å²) in [6.45, 7) is 0. The molecule has 92 valence electrons. The quantitative estimate of drug-likeness (QED) is 0.510. The standard InChI is InChI=1S/C14H11N5/c15-9-11-4-6-12(7-5-11)10-18-19-14(16)13-3-1-2-8-17-13/h1-8,10H,(H2,16,19)/b18-10+. The molecule has 0 saturated carbocycles. The molecule has 2 N–H and O–H groups in total. The molecule has 0 fully saturated rings. The van der Waals surface area contributed by atoms with Crippen LogP contribution in [0.3, 0.4) is 0 Å². The summed E-state index contributed by atoms with van der Waals surface area (Å²) < 4.78 is 0. The monoisotopic (exact) mass is 249 g/mol. The van der Waals surface area contributed by atoms with Gasteiger partial charge in [0.25, 0.3) is 0 Å². The molecule has 0 bridgehead atoms. The number of aromatic nitrogens is 1. The first-order chi connectivity index (χ1) is 9.29. The van der Waals surface area contributed by atoms with E-state index < -0.39 is 0 Å². The third kappa shape index (κ3) is 3.48. The second-order valence-electron chi connectivity index (χ2n) is 3.68. The maximum Gasteiger partial charge on any atom is 0.171 e. The van der Waals surface area contributed by atoms with Gasteiger partial charge in [0.15, 0.2) is 5.84 Å². The Morgan fingerprint density at radius 3 is 2.63 bits per heavy atom. The lowest BCUT2D eigenvalue weighted by Crippen LogP contribution is -2.14. The van der Waals surface area contributed by atoms with Gasteiger partial charge in [0.1, 0.15) is 5.69 Å². The van der Waals surface area contributed by atoms with Crippen molar-refractivity contribution in [3.8, 4) is 6.07 Å². The van der Waals surface area contributed by atoms with Gasteiger partial charge in [-0.3, -0.25) is 4.98 Å². The normalized spacial score (nSPS) is 11.4. The molecule has 0 aliphatic rings. The first-order valence-corrected chi connectivity index (χ1v) is 5.57. The van der Waals surface area contributed by atoms with Crippen molar-refractivity contribution in [1.82, 2.24) is 4.98 Å². The topological polar surface area (TPSA) is 87.4 Å². The summed E-state index contributed by atoms with van der Waals surface area (Å²) in [4.78, 5) is 4.06.